The molecule has 0 amide bonds. The van der Waals surface area contributed by atoms with Crippen LogP contribution in [0.3, 0.4) is 0 Å². The van der Waals surface area contributed by atoms with Gasteiger partial charge in [-0.1, -0.05) is 27.2 Å². The van der Waals surface area contributed by atoms with Crippen LogP contribution in [0.15, 0.2) is 0 Å². The molecule has 0 aliphatic heterocycles. The van der Waals surface area contributed by atoms with Gasteiger partial charge < -0.3 is 76.2 Å². The molecule has 358 valence electrons. The third-order valence-electron chi connectivity index (χ3n) is 8.08. The molecule has 0 heterocycles. The predicted octanol–water partition coefficient (Wildman–Crippen LogP) is -6.45. The smallest absolute Gasteiger partial charge is 1.00 e. The number of unbranched alkanes of at least 4 members (excludes halogenated alkanes) is 9. The van der Waals surface area contributed by atoms with Crippen molar-refractivity contribution < 1.29 is 133 Å². The topological polar surface area (TPSA) is 392 Å². The Morgan fingerprint density at radius 3 is 1.20 bits per heavy atom. The van der Waals surface area contributed by atoms with E-state index in [4.69, 9.17) is 83.9 Å². The summed E-state index contributed by atoms with van der Waals surface area (Å²) in [4.78, 5) is 19.5. The summed E-state index contributed by atoms with van der Waals surface area (Å²) in [6.07, 6.45) is 8.48. The fourth-order valence-corrected chi connectivity index (χ4v) is 5.19. The van der Waals surface area contributed by atoms with Gasteiger partial charge in [0.2, 0.25) is 0 Å². The number of carbonyl (C=O) groups is 2. The van der Waals surface area contributed by atoms with Crippen molar-refractivity contribution in [3.63, 3.8) is 0 Å². The fraction of sp³-hybridized carbons (Fsp3) is 0.944. The van der Waals surface area contributed by atoms with Crippen molar-refractivity contribution in [1.29, 1.82) is 0 Å². The van der Waals surface area contributed by atoms with E-state index in [0.29, 0.717) is 11.8 Å². The second kappa shape index (κ2) is 53.6. The van der Waals surface area contributed by atoms with Crippen molar-refractivity contribution in [2.45, 2.75) is 164 Å². The maximum atomic E-state index is 9.77. The van der Waals surface area contributed by atoms with Crippen molar-refractivity contribution in [2.24, 2.45) is 17.8 Å². The molecule has 0 aromatic heterocycles. The Hall–Kier alpha value is 0.260. The molecule has 7 unspecified atom stereocenters. The van der Waals surface area contributed by atoms with Crippen LogP contribution >= 0.6 is 0 Å². The van der Waals surface area contributed by atoms with Gasteiger partial charge in [0.05, 0.1) is 32.5 Å². The van der Waals surface area contributed by atoms with Gasteiger partial charge in [-0.15, -0.1) is 0 Å². The second-order valence-corrected chi connectivity index (χ2v) is 15.8. The van der Waals surface area contributed by atoms with Gasteiger partial charge in [-0.3, -0.25) is 9.11 Å². The summed E-state index contributed by atoms with van der Waals surface area (Å²) in [7, 11) is -4.67. The number of aliphatic carboxylic acids is 2. The minimum atomic E-state index is -4.67. The number of hydrogen-bond acceptors (Lipinski definition) is 16. The van der Waals surface area contributed by atoms with Crippen molar-refractivity contribution in [3.8, 4) is 0 Å². The minimum absolute atomic E-state index is 0. The van der Waals surface area contributed by atoms with E-state index in [1.54, 1.807) is 6.92 Å². The van der Waals surface area contributed by atoms with E-state index >= 15 is 0 Å². The van der Waals surface area contributed by atoms with Crippen molar-refractivity contribution in [1.82, 2.24) is 0 Å². The van der Waals surface area contributed by atoms with Gasteiger partial charge >= 0.3 is 155 Å². The molecule has 20 nitrogen and oxygen atoms in total. The number of carboxylic acids is 2. The van der Waals surface area contributed by atoms with Crippen LogP contribution in [0.25, 0.3) is 0 Å². The average Bonchev–Trinajstić information content (AvgIpc) is 3.15. The first-order chi connectivity index (χ1) is 26.8. The van der Waals surface area contributed by atoms with Gasteiger partial charge in [-0.05, 0) is 37.5 Å². The van der Waals surface area contributed by atoms with E-state index in [1.165, 1.54) is 109 Å². The van der Waals surface area contributed by atoms with Gasteiger partial charge in [0, 0.05) is 6.61 Å². The molecule has 0 radical (unpaired) electrons. The van der Waals surface area contributed by atoms with Gasteiger partial charge in [0.25, 0.3) is 0 Å². The predicted molar refractivity (Wildman–Crippen MR) is 216 cm³/mol. The van der Waals surface area contributed by atoms with Crippen LogP contribution in [0.1, 0.15) is 118 Å². The standard InChI is InChI=1S/C12H25.C10H20O.C5H12O5.C4H6O6.C3H8O3.C2H6O.FH.2Na.H2O4S/c1-3-5-7-9-11-12-10-8-6-4-2;1-7(2)9-5-4-8(3)6-10(9)11;6-1-3(8)5(10)4(9)2-7;5-1(3(7)8)2(6)4(9)10;4-1-3(6)2-5;1-2-3;;;;1-5(2,3)4/h1,3-12H2,2H3;7-11H,4-6H2,1-3H3;3-10H,1-2H2;1-2,5-6H,(H,7,8)(H,9,10);3-6H,1-2H2;3H,2H2,1H3;1H;;;(H2,1,2,3,4)/q;;;;;;;;+1;/p-1. The first-order valence-corrected chi connectivity index (χ1v) is 22.6. The summed E-state index contributed by atoms with van der Waals surface area (Å²) in [6.45, 7) is 8.87. The number of rotatable bonds is 20. The number of aliphatic hydroxyl groups excluding tert-OH is 12. The number of aliphatic hydroxyl groups is 12. The van der Waals surface area contributed by atoms with E-state index in [1.807, 2.05) is 0 Å². The molecule has 0 aromatic carbocycles. The molecule has 1 fully saturated rings. The zero-order chi connectivity index (χ0) is 46.9. The van der Waals surface area contributed by atoms with E-state index in [-0.39, 0.29) is 60.2 Å². The summed E-state index contributed by atoms with van der Waals surface area (Å²) in [6, 6.07) is 0. The van der Waals surface area contributed by atoms with E-state index in [2.05, 4.69) is 27.7 Å². The van der Waals surface area contributed by atoms with E-state index < -0.39 is 72.2 Å². The largest absolute Gasteiger partial charge is 1.00 e. The third kappa shape index (κ3) is 62.6. The molecule has 0 bridgehead atoms. The molecule has 1 aliphatic rings. The average molecular weight is 929 g/mol. The molecule has 0 spiro atoms. The Morgan fingerprint density at radius 2 is 0.983 bits per heavy atom. The van der Waals surface area contributed by atoms with Crippen LogP contribution in [0.2, 0.25) is 3.67 Å². The van der Waals surface area contributed by atoms with Crippen LogP contribution in [-0.2, 0) is 20.0 Å². The second-order valence-electron chi connectivity index (χ2n) is 13.9. The summed E-state index contributed by atoms with van der Waals surface area (Å²) in [5, 5.41) is 116. The zero-order valence-corrected chi connectivity index (χ0v) is 41.6. The van der Waals surface area contributed by atoms with E-state index in [9.17, 15) is 14.7 Å². The van der Waals surface area contributed by atoms with Crippen molar-refractivity contribution >= 4 is 50.3 Å². The molecule has 1 aliphatic carbocycles. The van der Waals surface area contributed by atoms with Crippen molar-refractivity contribution in [3.05, 3.63) is 0 Å². The number of carboxylic acid groups (broad SMARTS) is 2. The summed E-state index contributed by atoms with van der Waals surface area (Å²) in [5.41, 5.74) is 0. The van der Waals surface area contributed by atoms with Crippen LogP contribution in [0.4, 0.5) is 0 Å². The molecule has 0 aromatic rings. The Labute approximate surface area is 395 Å². The molecule has 16 N–H and O–H groups in total. The van der Waals surface area contributed by atoms with E-state index in [0.717, 1.165) is 12.3 Å². The fourth-order valence-electron chi connectivity index (χ4n) is 4.69. The molecular weight excluding hydrogens is 849 g/mol. The van der Waals surface area contributed by atoms with Gasteiger partial charge in [0.1, 0.15) is 24.4 Å². The maximum Gasteiger partial charge on any atom is 1.00 e. The van der Waals surface area contributed by atoms with Gasteiger partial charge in [-0.2, -0.15) is 8.42 Å². The molecule has 7 atom stereocenters. The van der Waals surface area contributed by atoms with Crippen molar-refractivity contribution in [2.75, 3.05) is 33.0 Å². The Morgan fingerprint density at radius 1 is 0.667 bits per heavy atom. The quantitative estimate of drug-likeness (QED) is 0.0307. The molecule has 1 rings (SSSR count). The number of halogens is 1. The summed E-state index contributed by atoms with van der Waals surface area (Å²) < 4.78 is 33.1. The summed E-state index contributed by atoms with van der Waals surface area (Å²) in [5.74, 6) is -1.59. The van der Waals surface area contributed by atoms with Gasteiger partial charge in [0.15, 0.2) is 12.2 Å². The first-order valence-electron chi connectivity index (χ1n) is 19.8. The molecule has 60 heavy (non-hydrogen) atoms. The molecule has 24 heteroatoms. The van der Waals surface area contributed by atoms with Crippen LogP contribution in [-0.4, -0.2) is 205 Å². The molecular formula is C36H79FNa2O20S. The summed E-state index contributed by atoms with van der Waals surface area (Å²) >= 11 is 1.41. The number of hydrogen-bond donors (Lipinski definition) is 16. The van der Waals surface area contributed by atoms with Crippen LogP contribution < -0.4 is 34.3 Å². The van der Waals surface area contributed by atoms with Crippen LogP contribution in [0, 0.1) is 17.8 Å². The monoisotopic (exact) mass is 928 g/mol. The minimum Gasteiger partial charge on any atom is -1.00 e. The zero-order valence-electron chi connectivity index (χ0n) is 36.8. The van der Waals surface area contributed by atoms with Gasteiger partial charge in [-0.25, -0.2) is 9.59 Å². The maximum absolute atomic E-state index is 9.77. The van der Waals surface area contributed by atoms with Crippen LogP contribution in [0.5, 0.6) is 0 Å². The molecule has 1 saturated carbocycles. The normalized spacial score (nSPS) is 17.8. The molecule has 0 saturated heterocycles. The Kier molecular flexibility index (Phi) is 69.2. The third-order valence-corrected chi connectivity index (χ3v) is 8.79. The first kappa shape index (κ1) is 77.5. The SMILES string of the molecule is CC1CCC(C(C)C)C(O)C1.CCCCCCCCCCC[CH2][Na].CCO.O=C(O)C(O)C(O)C(=O)O.O=S(=O)(O)O.OCC(O)C(O)C(O)CO.OCC(O)CO.[F-].[Na+]. The Balaban J connectivity index is -0.0000000902. The Bertz CT molecular complexity index is 944.